The van der Waals surface area contributed by atoms with Gasteiger partial charge in [0, 0.05) is 24.0 Å². The highest BCUT2D eigenvalue weighted by atomic mass is 16.1. The number of hydrogen-bond acceptors (Lipinski definition) is 3. The SMILES string of the molecule is Cc1cc(C(=O)NCC2CCCNC2)ccn1. The molecule has 1 fully saturated rings. The van der Waals surface area contributed by atoms with E-state index in [0.29, 0.717) is 11.5 Å². The highest BCUT2D eigenvalue weighted by Crippen LogP contribution is 2.08. The Morgan fingerprint density at radius 1 is 1.65 bits per heavy atom. The van der Waals surface area contributed by atoms with Crippen LogP contribution < -0.4 is 10.6 Å². The van der Waals surface area contributed by atoms with Gasteiger partial charge in [-0.3, -0.25) is 9.78 Å². The van der Waals surface area contributed by atoms with Crippen LogP contribution >= 0.6 is 0 Å². The van der Waals surface area contributed by atoms with Crippen molar-refractivity contribution >= 4 is 5.91 Å². The molecule has 0 saturated carbocycles. The average Bonchev–Trinajstić information content (AvgIpc) is 2.37. The van der Waals surface area contributed by atoms with E-state index in [1.54, 1.807) is 12.3 Å². The molecule has 0 radical (unpaired) electrons. The largest absolute Gasteiger partial charge is 0.352 e. The Kier molecular flexibility index (Phi) is 4.09. The van der Waals surface area contributed by atoms with E-state index in [4.69, 9.17) is 0 Å². The first-order chi connectivity index (χ1) is 8.25. The third-order valence-corrected chi connectivity index (χ3v) is 3.11. The lowest BCUT2D eigenvalue weighted by Gasteiger charge is -2.22. The van der Waals surface area contributed by atoms with Crippen molar-refractivity contribution in [3.63, 3.8) is 0 Å². The molecule has 4 heteroatoms. The normalized spacial score (nSPS) is 19.9. The van der Waals surface area contributed by atoms with Crippen LogP contribution in [0.15, 0.2) is 18.3 Å². The molecule has 1 saturated heterocycles. The molecule has 1 unspecified atom stereocenters. The number of aromatic nitrogens is 1. The smallest absolute Gasteiger partial charge is 0.251 e. The molecule has 0 bridgehead atoms. The van der Waals surface area contributed by atoms with Crippen LogP contribution in [-0.2, 0) is 0 Å². The standard InChI is InChI=1S/C13H19N3O/c1-10-7-12(4-6-15-10)13(17)16-9-11-3-2-5-14-8-11/h4,6-7,11,14H,2-3,5,8-9H2,1H3,(H,16,17). The van der Waals surface area contributed by atoms with Crippen molar-refractivity contribution < 1.29 is 4.79 Å². The third-order valence-electron chi connectivity index (χ3n) is 3.11. The summed E-state index contributed by atoms with van der Waals surface area (Å²) in [6, 6.07) is 3.57. The van der Waals surface area contributed by atoms with Crippen molar-refractivity contribution in [2.75, 3.05) is 19.6 Å². The third kappa shape index (κ3) is 3.53. The zero-order chi connectivity index (χ0) is 12.1. The van der Waals surface area contributed by atoms with Gasteiger partial charge >= 0.3 is 0 Å². The lowest BCUT2D eigenvalue weighted by atomic mass is 10.00. The van der Waals surface area contributed by atoms with E-state index in [1.165, 1.54) is 12.8 Å². The minimum atomic E-state index is 0.000994. The Bertz CT molecular complexity index is 386. The van der Waals surface area contributed by atoms with Crippen molar-refractivity contribution in [1.29, 1.82) is 0 Å². The first-order valence-corrected chi connectivity index (χ1v) is 6.17. The molecule has 1 atom stereocenters. The van der Waals surface area contributed by atoms with Crippen LogP contribution in [-0.4, -0.2) is 30.5 Å². The lowest BCUT2D eigenvalue weighted by molar-refractivity contribution is 0.0944. The molecule has 4 nitrogen and oxygen atoms in total. The summed E-state index contributed by atoms with van der Waals surface area (Å²) >= 11 is 0. The van der Waals surface area contributed by atoms with Gasteiger partial charge in [-0.2, -0.15) is 0 Å². The van der Waals surface area contributed by atoms with E-state index in [2.05, 4.69) is 15.6 Å². The van der Waals surface area contributed by atoms with Gasteiger partial charge in [-0.25, -0.2) is 0 Å². The van der Waals surface area contributed by atoms with Crippen LogP contribution in [0.4, 0.5) is 0 Å². The summed E-state index contributed by atoms with van der Waals surface area (Å²) in [5, 5.41) is 6.34. The molecule has 1 aliphatic rings. The van der Waals surface area contributed by atoms with E-state index in [1.807, 2.05) is 13.0 Å². The highest BCUT2D eigenvalue weighted by molar-refractivity contribution is 5.94. The van der Waals surface area contributed by atoms with Crippen molar-refractivity contribution in [3.8, 4) is 0 Å². The summed E-state index contributed by atoms with van der Waals surface area (Å²) in [6.07, 6.45) is 4.07. The minimum Gasteiger partial charge on any atom is -0.352 e. The van der Waals surface area contributed by atoms with Crippen molar-refractivity contribution in [2.24, 2.45) is 5.92 Å². The molecule has 0 aromatic carbocycles. The monoisotopic (exact) mass is 233 g/mol. The Morgan fingerprint density at radius 3 is 3.24 bits per heavy atom. The first-order valence-electron chi connectivity index (χ1n) is 6.17. The second-order valence-electron chi connectivity index (χ2n) is 4.61. The second kappa shape index (κ2) is 5.77. The Morgan fingerprint density at radius 2 is 2.53 bits per heavy atom. The number of hydrogen-bond donors (Lipinski definition) is 2. The van der Waals surface area contributed by atoms with Crippen LogP contribution in [0, 0.1) is 12.8 Å². The fraction of sp³-hybridized carbons (Fsp3) is 0.538. The van der Waals surface area contributed by atoms with Gasteiger partial charge in [0.1, 0.15) is 0 Å². The maximum Gasteiger partial charge on any atom is 0.251 e. The summed E-state index contributed by atoms with van der Waals surface area (Å²) in [5.74, 6) is 0.566. The van der Waals surface area contributed by atoms with E-state index in [0.717, 1.165) is 25.3 Å². The van der Waals surface area contributed by atoms with Gasteiger partial charge in [0.15, 0.2) is 0 Å². The Balaban J connectivity index is 1.84. The van der Waals surface area contributed by atoms with Crippen LogP contribution in [0.2, 0.25) is 0 Å². The van der Waals surface area contributed by atoms with Crippen molar-refractivity contribution in [3.05, 3.63) is 29.6 Å². The zero-order valence-electron chi connectivity index (χ0n) is 10.2. The van der Waals surface area contributed by atoms with E-state index < -0.39 is 0 Å². The van der Waals surface area contributed by atoms with Gasteiger partial charge in [-0.1, -0.05) is 0 Å². The zero-order valence-corrected chi connectivity index (χ0v) is 10.2. The molecular weight excluding hydrogens is 214 g/mol. The first kappa shape index (κ1) is 12.0. The van der Waals surface area contributed by atoms with Gasteiger partial charge in [0.05, 0.1) is 0 Å². The second-order valence-corrected chi connectivity index (χ2v) is 4.61. The van der Waals surface area contributed by atoms with Crippen molar-refractivity contribution in [1.82, 2.24) is 15.6 Å². The molecule has 1 aromatic rings. The molecule has 92 valence electrons. The lowest BCUT2D eigenvalue weighted by Crippen LogP contribution is -2.38. The number of piperidine rings is 1. The van der Waals surface area contributed by atoms with Crippen LogP contribution in [0.3, 0.4) is 0 Å². The predicted octanol–water partition coefficient (Wildman–Crippen LogP) is 1.12. The molecule has 2 rings (SSSR count). The molecular formula is C13H19N3O. The van der Waals surface area contributed by atoms with E-state index >= 15 is 0 Å². The van der Waals surface area contributed by atoms with Crippen LogP contribution in [0.5, 0.6) is 0 Å². The maximum atomic E-state index is 11.9. The average molecular weight is 233 g/mol. The number of carbonyl (C=O) groups excluding carboxylic acids is 1. The van der Waals surface area contributed by atoms with Gasteiger partial charge < -0.3 is 10.6 Å². The summed E-state index contributed by atoms with van der Waals surface area (Å²) in [6.45, 7) is 4.76. The van der Waals surface area contributed by atoms with E-state index in [9.17, 15) is 4.79 Å². The number of pyridine rings is 1. The molecule has 0 spiro atoms. The summed E-state index contributed by atoms with van der Waals surface area (Å²) in [4.78, 5) is 16.0. The number of aryl methyl sites for hydroxylation is 1. The highest BCUT2D eigenvalue weighted by Gasteiger charge is 2.14. The molecule has 1 aliphatic heterocycles. The van der Waals surface area contributed by atoms with Crippen molar-refractivity contribution in [2.45, 2.75) is 19.8 Å². The predicted molar refractivity (Wildman–Crippen MR) is 66.9 cm³/mol. The van der Waals surface area contributed by atoms with Crippen LogP contribution in [0.25, 0.3) is 0 Å². The molecule has 2 N–H and O–H groups in total. The van der Waals surface area contributed by atoms with Gasteiger partial charge in [-0.15, -0.1) is 0 Å². The molecule has 0 aliphatic carbocycles. The number of nitrogens with one attached hydrogen (secondary N) is 2. The fourth-order valence-corrected chi connectivity index (χ4v) is 2.12. The van der Waals surface area contributed by atoms with E-state index in [-0.39, 0.29) is 5.91 Å². The summed E-state index contributed by atoms with van der Waals surface area (Å²) in [5.41, 5.74) is 1.57. The molecule has 1 amide bonds. The molecule has 17 heavy (non-hydrogen) atoms. The summed E-state index contributed by atoms with van der Waals surface area (Å²) in [7, 11) is 0. The Labute approximate surface area is 102 Å². The summed E-state index contributed by atoms with van der Waals surface area (Å²) < 4.78 is 0. The topological polar surface area (TPSA) is 54.0 Å². The number of amides is 1. The fourth-order valence-electron chi connectivity index (χ4n) is 2.12. The van der Waals surface area contributed by atoms with Gasteiger partial charge in [0.2, 0.25) is 0 Å². The molecule has 1 aromatic heterocycles. The Hall–Kier alpha value is -1.42. The van der Waals surface area contributed by atoms with Gasteiger partial charge in [0.25, 0.3) is 5.91 Å². The number of rotatable bonds is 3. The molecule has 2 heterocycles. The van der Waals surface area contributed by atoms with Crippen LogP contribution in [0.1, 0.15) is 28.9 Å². The van der Waals surface area contributed by atoms with Gasteiger partial charge in [-0.05, 0) is 50.9 Å². The minimum absolute atomic E-state index is 0.000994. The number of nitrogens with zero attached hydrogens (tertiary/aromatic N) is 1. The number of carbonyl (C=O) groups is 1. The maximum absolute atomic E-state index is 11.9. The quantitative estimate of drug-likeness (QED) is 0.822.